The second kappa shape index (κ2) is 9.66. The SMILES string of the molecule is O=C1C(=Cc2c(Cl)cccc2Cl)Oc2cc(OC(=O)N(c3ccccc3)c3ccccc3)ccc21. The van der Waals surface area contributed by atoms with E-state index in [2.05, 4.69) is 0 Å². The van der Waals surface area contributed by atoms with Gasteiger partial charge >= 0.3 is 6.09 Å². The van der Waals surface area contributed by atoms with E-state index in [1.165, 1.54) is 17.0 Å². The number of para-hydroxylation sites is 2. The Balaban J connectivity index is 1.42. The summed E-state index contributed by atoms with van der Waals surface area (Å²) in [5, 5.41) is 0.794. The number of halogens is 2. The molecule has 0 spiro atoms. The zero-order valence-corrected chi connectivity index (χ0v) is 19.7. The van der Waals surface area contributed by atoms with Gasteiger partial charge in [-0.05, 0) is 54.6 Å². The van der Waals surface area contributed by atoms with Crippen molar-refractivity contribution >= 4 is 52.5 Å². The van der Waals surface area contributed by atoms with Gasteiger partial charge in [0.15, 0.2) is 5.76 Å². The van der Waals surface area contributed by atoms with Crippen LogP contribution in [-0.2, 0) is 0 Å². The summed E-state index contributed by atoms with van der Waals surface area (Å²) in [6.07, 6.45) is 0.899. The Morgan fingerprint density at radius 3 is 2.00 bits per heavy atom. The fourth-order valence-electron chi connectivity index (χ4n) is 3.67. The number of hydrogen-bond donors (Lipinski definition) is 0. The standard InChI is InChI=1S/C28H17Cl2NO4/c29-23-12-7-13-24(30)22(23)17-26-27(32)21-15-14-20(16-25(21)35-26)34-28(33)31(18-8-3-1-4-9-18)19-10-5-2-6-11-19/h1-17H. The maximum atomic E-state index is 13.2. The lowest BCUT2D eigenvalue weighted by molar-refractivity contribution is 0.101. The average Bonchev–Trinajstić information content (AvgIpc) is 3.17. The van der Waals surface area contributed by atoms with Crippen molar-refractivity contribution in [1.82, 2.24) is 0 Å². The minimum atomic E-state index is -0.606. The Hall–Kier alpha value is -4.06. The van der Waals surface area contributed by atoms with E-state index in [4.69, 9.17) is 32.7 Å². The second-order valence-electron chi connectivity index (χ2n) is 7.61. The summed E-state index contributed by atoms with van der Waals surface area (Å²) >= 11 is 12.4. The largest absolute Gasteiger partial charge is 0.452 e. The van der Waals surface area contributed by atoms with Crippen LogP contribution in [0, 0.1) is 0 Å². The molecule has 0 fully saturated rings. The highest BCUT2D eigenvalue weighted by Crippen LogP contribution is 2.37. The number of rotatable bonds is 4. The zero-order chi connectivity index (χ0) is 24.4. The number of Topliss-reactive ketones (excluding diaryl/α,β-unsaturated/α-hetero) is 1. The molecule has 1 amide bonds. The molecule has 1 heterocycles. The lowest BCUT2D eigenvalue weighted by atomic mass is 10.1. The Kier molecular flexibility index (Phi) is 6.27. The smallest absolute Gasteiger partial charge is 0.424 e. The molecule has 1 aliphatic rings. The fraction of sp³-hybridized carbons (Fsp3) is 0. The van der Waals surface area contributed by atoms with Crippen LogP contribution >= 0.6 is 23.2 Å². The first-order chi connectivity index (χ1) is 17.0. The van der Waals surface area contributed by atoms with E-state index < -0.39 is 6.09 Å². The molecule has 172 valence electrons. The molecular formula is C28H17Cl2NO4. The zero-order valence-electron chi connectivity index (χ0n) is 18.2. The van der Waals surface area contributed by atoms with Crippen LogP contribution in [0.25, 0.3) is 6.08 Å². The van der Waals surface area contributed by atoms with Crippen LogP contribution in [0.5, 0.6) is 11.5 Å². The summed E-state index contributed by atoms with van der Waals surface area (Å²) in [5.41, 5.74) is 2.14. The van der Waals surface area contributed by atoms with Gasteiger partial charge in [0.05, 0.1) is 16.9 Å². The number of carbonyl (C=O) groups excluding carboxylic acids is 2. The number of allylic oxidation sites excluding steroid dienone is 1. The average molecular weight is 502 g/mol. The number of anilines is 2. The van der Waals surface area contributed by atoms with Crippen LogP contribution in [-0.4, -0.2) is 11.9 Å². The van der Waals surface area contributed by atoms with Gasteiger partial charge in [-0.25, -0.2) is 9.69 Å². The van der Waals surface area contributed by atoms with E-state index in [0.29, 0.717) is 32.5 Å². The van der Waals surface area contributed by atoms with E-state index in [1.807, 2.05) is 60.7 Å². The minimum Gasteiger partial charge on any atom is -0.452 e. The molecule has 1 aliphatic heterocycles. The summed E-state index contributed by atoms with van der Waals surface area (Å²) in [5.74, 6) is 0.272. The molecule has 0 atom stereocenters. The van der Waals surface area contributed by atoms with Crippen molar-refractivity contribution in [2.45, 2.75) is 0 Å². The van der Waals surface area contributed by atoms with E-state index in [1.54, 1.807) is 30.3 Å². The van der Waals surface area contributed by atoms with Gasteiger partial charge in [0.1, 0.15) is 11.5 Å². The molecule has 0 bridgehead atoms. The van der Waals surface area contributed by atoms with E-state index in [9.17, 15) is 9.59 Å². The summed E-state index contributed by atoms with van der Waals surface area (Å²) < 4.78 is 11.4. The highest BCUT2D eigenvalue weighted by Gasteiger charge is 2.29. The van der Waals surface area contributed by atoms with Crippen LogP contribution in [0.1, 0.15) is 15.9 Å². The van der Waals surface area contributed by atoms with Crippen molar-refractivity contribution in [3.63, 3.8) is 0 Å². The van der Waals surface area contributed by atoms with Gasteiger partial charge in [0, 0.05) is 21.7 Å². The van der Waals surface area contributed by atoms with Crippen LogP contribution in [0.3, 0.4) is 0 Å². The highest BCUT2D eigenvalue weighted by atomic mass is 35.5. The number of amides is 1. The highest BCUT2D eigenvalue weighted by molar-refractivity contribution is 6.37. The fourth-order valence-corrected chi connectivity index (χ4v) is 4.18. The van der Waals surface area contributed by atoms with Gasteiger partial charge in [-0.3, -0.25) is 4.79 Å². The van der Waals surface area contributed by atoms with Gasteiger partial charge in [-0.15, -0.1) is 0 Å². The van der Waals surface area contributed by atoms with Gasteiger partial charge in [0.2, 0.25) is 5.78 Å². The first-order valence-electron chi connectivity index (χ1n) is 10.7. The lowest BCUT2D eigenvalue weighted by Crippen LogP contribution is -2.29. The topological polar surface area (TPSA) is 55.8 Å². The number of benzene rings is 4. The predicted octanol–water partition coefficient (Wildman–Crippen LogP) is 7.95. The third-order valence-corrected chi connectivity index (χ3v) is 5.99. The molecule has 0 aromatic heterocycles. The van der Waals surface area contributed by atoms with Gasteiger partial charge in [0.25, 0.3) is 0 Å². The van der Waals surface area contributed by atoms with Crippen molar-refractivity contribution in [2.75, 3.05) is 4.90 Å². The molecule has 5 nitrogen and oxygen atoms in total. The predicted molar refractivity (Wildman–Crippen MR) is 137 cm³/mol. The maximum Gasteiger partial charge on any atom is 0.424 e. The molecule has 5 rings (SSSR count). The Morgan fingerprint density at radius 1 is 0.800 bits per heavy atom. The van der Waals surface area contributed by atoms with Crippen molar-refractivity contribution in [3.05, 3.63) is 124 Å². The van der Waals surface area contributed by atoms with Gasteiger partial charge in [-0.1, -0.05) is 65.7 Å². The summed E-state index contributed by atoms with van der Waals surface area (Å²) in [4.78, 5) is 27.5. The Bertz CT molecular complexity index is 1390. The first-order valence-corrected chi connectivity index (χ1v) is 11.4. The van der Waals surface area contributed by atoms with Gasteiger partial charge in [-0.2, -0.15) is 0 Å². The molecular weight excluding hydrogens is 485 g/mol. The summed E-state index contributed by atoms with van der Waals surface area (Å²) in [7, 11) is 0. The molecule has 0 aliphatic carbocycles. The minimum absolute atomic E-state index is 0.0775. The number of hydrogen-bond acceptors (Lipinski definition) is 4. The Morgan fingerprint density at radius 2 is 1.40 bits per heavy atom. The quantitative estimate of drug-likeness (QED) is 0.266. The second-order valence-corrected chi connectivity index (χ2v) is 8.42. The molecule has 35 heavy (non-hydrogen) atoms. The summed E-state index contributed by atoms with van der Waals surface area (Å²) in [6, 6.07) is 28.0. The first kappa shape index (κ1) is 22.7. The van der Waals surface area contributed by atoms with Crippen LogP contribution < -0.4 is 14.4 Å². The number of fused-ring (bicyclic) bond motifs is 1. The third kappa shape index (κ3) is 4.64. The van der Waals surface area contributed by atoms with E-state index >= 15 is 0 Å². The van der Waals surface area contributed by atoms with Crippen LogP contribution in [0.2, 0.25) is 10.0 Å². The third-order valence-electron chi connectivity index (χ3n) is 5.33. The number of nitrogens with zero attached hydrogens (tertiary/aromatic N) is 1. The number of ketones is 1. The number of carbonyl (C=O) groups is 2. The summed E-state index contributed by atoms with van der Waals surface area (Å²) in [6.45, 7) is 0. The van der Waals surface area contributed by atoms with Crippen molar-refractivity contribution in [3.8, 4) is 11.5 Å². The number of ether oxygens (including phenoxy) is 2. The molecule has 0 saturated heterocycles. The van der Waals surface area contributed by atoms with E-state index in [0.717, 1.165) is 0 Å². The molecule has 0 saturated carbocycles. The van der Waals surface area contributed by atoms with Crippen molar-refractivity contribution < 1.29 is 19.1 Å². The van der Waals surface area contributed by atoms with Crippen molar-refractivity contribution in [1.29, 1.82) is 0 Å². The maximum absolute atomic E-state index is 13.2. The molecule has 4 aromatic carbocycles. The monoisotopic (exact) mass is 501 g/mol. The van der Waals surface area contributed by atoms with Crippen LogP contribution in [0.15, 0.2) is 103 Å². The molecule has 7 heteroatoms. The van der Waals surface area contributed by atoms with E-state index in [-0.39, 0.29) is 23.0 Å². The normalized spacial score (nSPS) is 13.3. The van der Waals surface area contributed by atoms with Crippen LogP contribution in [0.4, 0.5) is 16.2 Å². The lowest BCUT2D eigenvalue weighted by Gasteiger charge is -2.22. The van der Waals surface area contributed by atoms with Crippen molar-refractivity contribution in [2.24, 2.45) is 0 Å². The molecule has 4 aromatic rings. The molecule has 0 unspecified atom stereocenters. The molecule has 0 N–H and O–H groups in total. The van der Waals surface area contributed by atoms with Gasteiger partial charge < -0.3 is 9.47 Å². The molecule has 0 radical (unpaired) electrons. The Labute approximate surface area is 211 Å².